The summed E-state index contributed by atoms with van der Waals surface area (Å²) in [4.78, 5) is 16.1. The summed E-state index contributed by atoms with van der Waals surface area (Å²) >= 11 is 1.63. The molecular weight excluding hydrogens is 332 g/mol. The number of thioether (sulfide) groups is 1. The van der Waals surface area contributed by atoms with Crippen LogP contribution in [-0.4, -0.2) is 22.5 Å². The van der Waals surface area contributed by atoms with Gasteiger partial charge in [-0.2, -0.15) is 5.10 Å². The largest absolute Gasteiger partial charge is 0.326 e. The molecule has 1 amide bonds. The van der Waals surface area contributed by atoms with Crippen LogP contribution in [0.1, 0.15) is 22.3 Å². The van der Waals surface area contributed by atoms with Gasteiger partial charge >= 0.3 is 0 Å². The first kappa shape index (κ1) is 15.9. The van der Waals surface area contributed by atoms with Crippen LogP contribution in [0.15, 0.2) is 46.5 Å². The van der Waals surface area contributed by atoms with E-state index in [1.54, 1.807) is 11.8 Å². The Kier molecular flexibility index (Phi) is 4.05. The number of amides is 1. The summed E-state index contributed by atoms with van der Waals surface area (Å²) in [7, 11) is 0. The van der Waals surface area contributed by atoms with Crippen molar-refractivity contribution in [2.75, 3.05) is 11.1 Å². The van der Waals surface area contributed by atoms with Gasteiger partial charge < -0.3 is 5.32 Å². The topological polar surface area (TPSA) is 65.8 Å². The Bertz CT molecular complexity index is 933. The number of hydrogen-bond acceptors (Lipinski definition) is 4. The lowest BCUT2D eigenvalue weighted by Crippen LogP contribution is -2.25. The third-order valence-electron chi connectivity index (χ3n) is 4.27. The van der Waals surface area contributed by atoms with Gasteiger partial charge in [-0.25, -0.2) is 4.99 Å². The lowest BCUT2D eigenvalue weighted by atomic mass is 10.1. The van der Waals surface area contributed by atoms with E-state index in [0.717, 1.165) is 44.7 Å². The number of amidine groups is 1. The second kappa shape index (κ2) is 6.37. The van der Waals surface area contributed by atoms with Crippen LogP contribution >= 0.6 is 11.8 Å². The van der Waals surface area contributed by atoms with Crippen LogP contribution in [0.4, 0.5) is 11.4 Å². The summed E-state index contributed by atoms with van der Waals surface area (Å²) in [6, 6.07) is 12.2. The molecule has 5 nitrogen and oxygen atoms in total. The SMILES string of the molecule is Cc1ccc(N=C2NN=C(c3ccc4c(c3)CC(=O)N4)CS2)c(C)c1. The van der Waals surface area contributed by atoms with Crippen molar-refractivity contribution >= 4 is 39.9 Å². The Morgan fingerprint density at radius 1 is 1.16 bits per heavy atom. The minimum absolute atomic E-state index is 0.0492. The lowest BCUT2D eigenvalue weighted by Gasteiger charge is -2.16. The van der Waals surface area contributed by atoms with Crippen LogP contribution in [0.5, 0.6) is 0 Å². The molecule has 0 saturated carbocycles. The van der Waals surface area contributed by atoms with E-state index in [1.165, 1.54) is 5.56 Å². The molecule has 0 radical (unpaired) electrons. The van der Waals surface area contributed by atoms with Crippen molar-refractivity contribution < 1.29 is 4.79 Å². The minimum Gasteiger partial charge on any atom is -0.326 e. The number of nitrogens with one attached hydrogen (secondary N) is 2. The van der Waals surface area contributed by atoms with Crippen LogP contribution < -0.4 is 10.7 Å². The highest BCUT2D eigenvalue weighted by Gasteiger charge is 2.20. The maximum atomic E-state index is 11.5. The van der Waals surface area contributed by atoms with E-state index in [0.29, 0.717) is 6.42 Å². The standard InChI is InChI=1S/C19H18N4OS/c1-11-3-5-15(12(2)7-11)21-19-23-22-17(10-25-19)13-4-6-16-14(8-13)9-18(24)20-16/h3-8H,9-10H2,1-2H3,(H,20,24)(H,21,23). The number of hydrogen-bond donors (Lipinski definition) is 2. The van der Waals surface area contributed by atoms with Gasteiger partial charge in [0.1, 0.15) is 0 Å². The van der Waals surface area contributed by atoms with Crippen molar-refractivity contribution in [3.05, 3.63) is 58.7 Å². The summed E-state index contributed by atoms with van der Waals surface area (Å²) in [5.74, 6) is 0.796. The van der Waals surface area contributed by atoms with E-state index >= 15 is 0 Å². The molecule has 6 heteroatoms. The molecule has 2 heterocycles. The third-order valence-corrected chi connectivity index (χ3v) is 5.14. The van der Waals surface area contributed by atoms with Crippen LogP contribution in [-0.2, 0) is 11.2 Å². The molecule has 0 spiro atoms. The Labute approximate surface area is 150 Å². The molecule has 126 valence electrons. The van der Waals surface area contributed by atoms with E-state index in [1.807, 2.05) is 24.3 Å². The molecule has 0 unspecified atom stereocenters. The molecule has 4 rings (SSSR count). The highest BCUT2D eigenvalue weighted by Crippen LogP contribution is 2.26. The second-order valence-corrected chi connectivity index (χ2v) is 7.23. The van der Waals surface area contributed by atoms with Crippen molar-refractivity contribution in [3.8, 4) is 0 Å². The quantitative estimate of drug-likeness (QED) is 0.871. The zero-order chi connectivity index (χ0) is 17.4. The van der Waals surface area contributed by atoms with Crippen LogP contribution in [0.3, 0.4) is 0 Å². The molecule has 0 aromatic heterocycles. The molecule has 0 atom stereocenters. The van der Waals surface area contributed by atoms with Gasteiger partial charge in [0.15, 0.2) is 5.17 Å². The molecule has 0 fully saturated rings. The lowest BCUT2D eigenvalue weighted by molar-refractivity contribution is -0.115. The minimum atomic E-state index is 0.0492. The van der Waals surface area contributed by atoms with Gasteiger partial charge in [0, 0.05) is 11.4 Å². The fourth-order valence-electron chi connectivity index (χ4n) is 2.97. The average molecular weight is 350 g/mol. The van der Waals surface area contributed by atoms with Crippen molar-refractivity contribution in [3.63, 3.8) is 0 Å². The maximum Gasteiger partial charge on any atom is 0.228 e. The molecule has 0 aliphatic carbocycles. The molecule has 2 aromatic rings. The number of hydrazone groups is 1. The number of anilines is 1. The number of carbonyl (C=O) groups is 1. The van der Waals surface area contributed by atoms with Gasteiger partial charge in [0.2, 0.25) is 5.91 Å². The smallest absolute Gasteiger partial charge is 0.228 e. The van der Waals surface area contributed by atoms with Crippen molar-refractivity contribution in [1.29, 1.82) is 0 Å². The number of nitrogens with zero attached hydrogens (tertiary/aromatic N) is 2. The summed E-state index contributed by atoms with van der Waals surface area (Å²) in [6.07, 6.45) is 0.441. The Morgan fingerprint density at radius 2 is 2.04 bits per heavy atom. The van der Waals surface area contributed by atoms with Gasteiger partial charge in [-0.05, 0) is 48.7 Å². The van der Waals surface area contributed by atoms with Crippen LogP contribution in [0.2, 0.25) is 0 Å². The fourth-order valence-corrected chi connectivity index (χ4v) is 3.75. The van der Waals surface area contributed by atoms with Crippen LogP contribution in [0.25, 0.3) is 0 Å². The molecule has 0 saturated heterocycles. The van der Waals surface area contributed by atoms with E-state index in [9.17, 15) is 4.79 Å². The first-order valence-corrected chi connectivity index (χ1v) is 9.11. The highest BCUT2D eigenvalue weighted by molar-refractivity contribution is 8.14. The van der Waals surface area contributed by atoms with Crippen molar-refractivity contribution in [2.45, 2.75) is 20.3 Å². The van der Waals surface area contributed by atoms with Crippen molar-refractivity contribution in [1.82, 2.24) is 5.43 Å². The van der Waals surface area contributed by atoms with Gasteiger partial charge in [-0.3, -0.25) is 10.2 Å². The van der Waals surface area contributed by atoms with E-state index in [2.05, 4.69) is 46.8 Å². The first-order chi connectivity index (χ1) is 12.1. The van der Waals surface area contributed by atoms with Gasteiger partial charge in [0.05, 0.1) is 17.8 Å². The average Bonchev–Trinajstić information content (AvgIpc) is 2.97. The maximum absolute atomic E-state index is 11.5. The van der Waals surface area contributed by atoms with Gasteiger partial charge in [-0.15, -0.1) is 0 Å². The van der Waals surface area contributed by atoms with E-state index in [-0.39, 0.29) is 5.91 Å². The highest BCUT2D eigenvalue weighted by atomic mass is 32.2. The third kappa shape index (κ3) is 3.30. The molecule has 0 bridgehead atoms. The fraction of sp³-hybridized carbons (Fsp3) is 0.211. The monoisotopic (exact) mass is 350 g/mol. The van der Waals surface area contributed by atoms with E-state index < -0.39 is 0 Å². The number of carbonyl (C=O) groups excluding carboxylic acids is 1. The normalized spacial score (nSPS) is 17.8. The first-order valence-electron chi connectivity index (χ1n) is 8.13. The number of benzene rings is 2. The summed E-state index contributed by atoms with van der Waals surface area (Å²) in [6.45, 7) is 4.14. The molecule has 25 heavy (non-hydrogen) atoms. The Hall–Kier alpha value is -2.60. The Morgan fingerprint density at radius 3 is 2.80 bits per heavy atom. The second-order valence-electron chi connectivity index (χ2n) is 6.26. The molecule has 2 aromatic carbocycles. The molecular formula is C19H18N4OS. The molecule has 2 aliphatic rings. The zero-order valence-corrected chi connectivity index (χ0v) is 14.9. The number of aliphatic imine (C=N–C) groups is 1. The van der Waals surface area contributed by atoms with Crippen LogP contribution in [0, 0.1) is 13.8 Å². The predicted octanol–water partition coefficient (Wildman–Crippen LogP) is 3.53. The molecule has 2 aliphatic heterocycles. The van der Waals surface area contributed by atoms with E-state index in [4.69, 9.17) is 0 Å². The summed E-state index contributed by atoms with van der Waals surface area (Å²) < 4.78 is 0. The summed E-state index contributed by atoms with van der Waals surface area (Å²) in [5, 5.41) is 8.13. The van der Waals surface area contributed by atoms with Gasteiger partial charge in [-0.1, -0.05) is 35.5 Å². The molecule has 2 N–H and O–H groups in total. The number of fused-ring (bicyclic) bond motifs is 1. The number of rotatable bonds is 2. The number of aryl methyl sites for hydroxylation is 2. The zero-order valence-electron chi connectivity index (χ0n) is 14.1. The summed E-state index contributed by atoms with van der Waals surface area (Å²) in [5.41, 5.74) is 10.3. The Balaban J connectivity index is 1.53. The van der Waals surface area contributed by atoms with Crippen molar-refractivity contribution in [2.24, 2.45) is 10.1 Å². The van der Waals surface area contributed by atoms with Gasteiger partial charge in [0.25, 0.3) is 0 Å². The predicted molar refractivity (Wildman–Crippen MR) is 104 cm³/mol.